The molecule has 0 radical (unpaired) electrons. The molecule has 148 valence electrons. The monoisotopic (exact) mass is 394 g/mol. The Morgan fingerprint density at radius 3 is 2.47 bits per heavy atom. The molecule has 1 unspecified atom stereocenters. The van der Waals surface area contributed by atoms with Crippen LogP contribution in [0.25, 0.3) is 21.9 Å². The van der Waals surface area contributed by atoms with Crippen molar-refractivity contribution < 1.29 is 14.6 Å². The SMILES string of the molecule is O=C(O)C1CCc2ccc(Oc3cccc4cccc(-c5ccccc5)c34)cc2C1. The van der Waals surface area contributed by atoms with E-state index >= 15 is 0 Å². The minimum absolute atomic E-state index is 0.310. The first-order valence-corrected chi connectivity index (χ1v) is 10.3. The Labute approximate surface area is 175 Å². The van der Waals surface area contributed by atoms with Gasteiger partial charge in [0.05, 0.1) is 5.92 Å². The van der Waals surface area contributed by atoms with E-state index in [0.717, 1.165) is 45.4 Å². The maximum Gasteiger partial charge on any atom is 0.306 e. The smallest absolute Gasteiger partial charge is 0.306 e. The lowest BCUT2D eigenvalue weighted by molar-refractivity contribution is -0.142. The summed E-state index contributed by atoms with van der Waals surface area (Å²) >= 11 is 0. The summed E-state index contributed by atoms with van der Waals surface area (Å²) in [6, 6.07) is 28.8. The number of fused-ring (bicyclic) bond motifs is 2. The van der Waals surface area contributed by atoms with Crippen LogP contribution in [-0.2, 0) is 17.6 Å². The first-order valence-electron chi connectivity index (χ1n) is 10.3. The second kappa shape index (κ2) is 7.68. The highest BCUT2D eigenvalue weighted by Gasteiger charge is 2.24. The van der Waals surface area contributed by atoms with E-state index in [-0.39, 0.29) is 5.92 Å². The molecular formula is C27H22O3. The summed E-state index contributed by atoms with van der Waals surface area (Å²) in [5.74, 6) is 0.524. The Kier molecular flexibility index (Phi) is 4.72. The standard InChI is InChI=1S/C27H22O3/c28-27(29)21-13-12-18-14-15-23(17-22(18)16-21)30-25-11-5-9-20-8-4-10-24(26(20)25)19-6-2-1-3-7-19/h1-11,14-15,17,21H,12-13,16H2,(H,28,29). The molecule has 0 bridgehead atoms. The Balaban J connectivity index is 1.55. The summed E-state index contributed by atoms with van der Waals surface area (Å²) in [6.45, 7) is 0. The van der Waals surface area contributed by atoms with Crippen molar-refractivity contribution in [3.05, 3.63) is 96.1 Å². The predicted octanol–water partition coefficient (Wildman–Crippen LogP) is 6.49. The molecule has 0 heterocycles. The lowest BCUT2D eigenvalue weighted by atomic mass is 9.84. The van der Waals surface area contributed by atoms with E-state index in [9.17, 15) is 9.90 Å². The number of ether oxygens (including phenoxy) is 1. The number of carboxylic acids is 1. The molecule has 4 aromatic rings. The van der Waals surface area contributed by atoms with Gasteiger partial charge in [-0.15, -0.1) is 0 Å². The van der Waals surface area contributed by atoms with Gasteiger partial charge in [-0.1, -0.05) is 66.7 Å². The molecule has 30 heavy (non-hydrogen) atoms. The summed E-state index contributed by atoms with van der Waals surface area (Å²) in [7, 11) is 0. The van der Waals surface area contributed by atoms with Crippen molar-refractivity contribution in [1.82, 2.24) is 0 Å². The summed E-state index contributed by atoms with van der Waals surface area (Å²) in [4.78, 5) is 11.4. The highest BCUT2D eigenvalue weighted by Crippen LogP contribution is 2.38. The molecule has 3 heteroatoms. The zero-order valence-corrected chi connectivity index (χ0v) is 16.5. The average Bonchev–Trinajstić information content (AvgIpc) is 2.79. The van der Waals surface area contributed by atoms with E-state index in [4.69, 9.17) is 4.74 Å². The van der Waals surface area contributed by atoms with Crippen LogP contribution in [0, 0.1) is 5.92 Å². The third kappa shape index (κ3) is 3.43. The number of aryl methyl sites for hydroxylation is 1. The number of carbonyl (C=O) groups is 1. The van der Waals surface area contributed by atoms with E-state index in [2.05, 4.69) is 42.5 Å². The number of hydrogen-bond donors (Lipinski definition) is 1. The van der Waals surface area contributed by atoms with E-state index in [1.54, 1.807) is 0 Å². The van der Waals surface area contributed by atoms with Crippen molar-refractivity contribution in [3.8, 4) is 22.6 Å². The molecule has 1 N–H and O–H groups in total. The molecule has 3 nitrogen and oxygen atoms in total. The fourth-order valence-electron chi connectivity index (χ4n) is 4.38. The van der Waals surface area contributed by atoms with Gasteiger partial charge in [0.25, 0.3) is 0 Å². The van der Waals surface area contributed by atoms with Crippen molar-refractivity contribution in [3.63, 3.8) is 0 Å². The van der Waals surface area contributed by atoms with Gasteiger partial charge in [0.15, 0.2) is 0 Å². The molecule has 0 aliphatic heterocycles. The van der Waals surface area contributed by atoms with E-state index in [0.29, 0.717) is 12.8 Å². The van der Waals surface area contributed by atoms with Crippen LogP contribution in [0.5, 0.6) is 11.5 Å². The molecule has 0 saturated carbocycles. The van der Waals surface area contributed by atoms with Gasteiger partial charge < -0.3 is 9.84 Å². The van der Waals surface area contributed by atoms with Crippen molar-refractivity contribution in [2.24, 2.45) is 5.92 Å². The minimum Gasteiger partial charge on any atom is -0.481 e. The van der Waals surface area contributed by atoms with Crippen LogP contribution in [0.15, 0.2) is 84.9 Å². The number of rotatable bonds is 4. The molecule has 1 aliphatic rings. The van der Waals surface area contributed by atoms with Crippen molar-refractivity contribution >= 4 is 16.7 Å². The van der Waals surface area contributed by atoms with Gasteiger partial charge in [0.2, 0.25) is 0 Å². The van der Waals surface area contributed by atoms with Gasteiger partial charge in [0, 0.05) is 5.39 Å². The molecule has 5 rings (SSSR count). The van der Waals surface area contributed by atoms with Crippen LogP contribution in [0.3, 0.4) is 0 Å². The molecule has 1 aliphatic carbocycles. The molecule has 1 atom stereocenters. The maximum atomic E-state index is 11.4. The summed E-state index contributed by atoms with van der Waals surface area (Å²) < 4.78 is 6.37. The molecule has 0 aromatic heterocycles. The quantitative estimate of drug-likeness (QED) is 0.430. The summed E-state index contributed by atoms with van der Waals surface area (Å²) in [5.41, 5.74) is 4.58. The van der Waals surface area contributed by atoms with Gasteiger partial charge in [-0.3, -0.25) is 4.79 Å². The van der Waals surface area contributed by atoms with Gasteiger partial charge in [0.1, 0.15) is 11.5 Å². The number of hydrogen-bond acceptors (Lipinski definition) is 2. The Morgan fingerprint density at radius 2 is 1.67 bits per heavy atom. The minimum atomic E-state index is -0.714. The first kappa shape index (κ1) is 18.4. The highest BCUT2D eigenvalue weighted by atomic mass is 16.5. The third-order valence-electron chi connectivity index (χ3n) is 5.93. The summed E-state index contributed by atoms with van der Waals surface area (Å²) in [6.07, 6.45) is 2.07. The maximum absolute atomic E-state index is 11.4. The van der Waals surface area contributed by atoms with E-state index in [1.165, 1.54) is 5.56 Å². The Morgan fingerprint density at radius 1 is 0.867 bits per heavy atom. The lowest BCUT2D eigenvalue weighted by Gasteiger charge is -2.22. The zero-order valence-electron chi connectivity index (χ0n) is 16.5. The third-order valence-corrected chi connectivity index (χ3v) is 5.93. The molecule has 4 aromatic carbocycles. The largest absolute Gasteiger partial charge is 0.481 e. The van der Waals surface area contributed by atoms with Gasteiger partial charge in [-0.2, -0.15) is 0 Å². The zero-order chi connectivity index (χ0) is 20.5. The molecule has 0 spiro atoms. The van der Waals surface area contributed by atoms with Crippen LogP contribution >= 0.6 is 0 Å². The Hall–Kier alpha value is -3.59. The lowest BCUT2D eigenvalue weighted by Crippen LogP contribution is -2.22. The van der Waals surface area contributed by atoms with Crippen molar-refractivity contribution in [2.45, 2.75) is 19.3 Å². The van der Waals surface area contributed by atoms with Crippen LogP contribution < -0.4 is 4.74 Å². The van der Waals surface area contributed by atoms with E-state index in [1.807, 2.05) is 42.5 Å². The van der Waals surface area contributed by atoms with Gasteiger partial charge in [-0.25, -0.2) is 0 Å². The average molecular weight is 394 g/mol. The second-order valence-electron chi connectivity index (χ2n) is 7.84. The molecular weight excluding hydrogens is 372 g/mol. The fraction of sp³-hybridized carbons (Fsp3) is 0.148. The van der Waals surface area contributed by atoms with Crippen LogP contribution in [0.4, 0.5) is 0 Å². The van der Waals surface area contributed by atoms with Gasteiger partial charge >= 0.3 is 5.97 Å². The van der Waals surface area contributed by atoms with E-state index < -0.39 is 5.97 Å². The highest BCUT2D eigenvalue weighted by molar-refractivity contribution is 6.01. The normalized spacial score (nSPS) is 15.5. The van der Waals surface area contributed by atoms with Gasteiger partial charge in [-0.05, 0) is 65.1 Å². The number of benzene rings is 4. The number of carboxylic acid groups (broad SMARTS) is 1. The second-order valence-corrected chi connectivity index (χ2v) is 7.84. The van der Waals surface area contributed by atoms with Crippen LogP contribution in [0.1, 0.15) is 17.5 Å². The first-order chi connectivity index (χ1) is 14.7. The predicted molar refractivity (Wildman–Crippen MR) is 119 cm³/mol. The molecule has 0 amide bonds. The molecule has 0 saturated heterocycles. The van der Waals surface area contributed by atoms with Crippen LogP contribution in [-0.4, -0.2) is 11.1 Å². The fourth-order valence-corrected chi connectivity index (χ4v) is 4.38. The molecule has 0 fully saturated rings. The topological polar surface area (TPSA) is 46.5 Å². The summed E-state index contributed by atoms with van der Waals surface area (Å²) in [5, 5.41) is 11.6. The van der Waals surface area contributed by atoms with Crippen LogP contribution in [0.2, 0.25) is 0 Å². The number of aliphatic carboxylic acids is 1. The Bertz CT molecular complexity index is 1220. The van der Waals surface area contributed by atoms with Crippen molar-refractivity contribution in [1.29, 1.82) is 0 Å². The van der Waals surface area contributed by atoms with Crippen molar-refractivity contribution in [2.75, 3.05) is 0 Å².